The minimum absolute atomic E-state index is 0.0665. The van der Waals surface area contributed by atoms with Crippen LogP contribution < -0.4 is 21.7 Å². The maximum absolute atomic E-state index is 11.8. The first-order chi connectivity index (χ1) is 9.06. The van der Waals surface area contributed by atoms with Crippen LogP contribution in [0.4, 0.5) is 0 Å². The van der Waals surface area contributed by atoms with Gasteiger partial charge in [0.25, 0.3) is 0 Å². The van der Waals surface area contributed by atoms with Crippen molar-refractivity contribution in [3.05, 3.63) is 64.2 Å². The fourth-order valence-electron chi connectivity index (χ4n) is 2.07. The van der Waals surface area contributed by atoms with E-state index in [0.717, 1.165) is 21.5 Å². The summed E-state index contributed by atoms with van der Waals surface area (Å²) >= 11 is 0. The summed E-state index contributed by atoms with van der Waals surface area (Å²) in [7, 11) is 1.72. The second kappa shape index (κ2) is 4.98. The van der Waals surface area contributed by atoms with Gasteiger partial charge in [0.05, 0.1) is 5.82 Å². The molecular weight excluding hydrogens is 236 g/mol. The van der Waals surface area contributed by atoms with Gasteiger partial charge in [0, 0.05) is 23.0 Å². The molecule has 0 fully saturated rings. The first-order valence-corrected chi connectivity index (χ1v) is 5.94. The third kappa shape index (κ3) is 2.22. The molecule has 0 aliphatic rings. The van der Waals surface area contributed by atoms with Crippen molar-refractivity contribution in [3.8, 4) is 0 Å². The summed E-state index contributed by atoms with van der Waals surface area (Å²) in [6.07, 6.45) is 0. The highest BCUT2D eigenvalue weighted by Gasteiger charge is 2.08. The number of nitrogens with one attached hydrogen (secondary N) is 1. The number of rotatable bonds is 1. The van der Waals surface area contributed by atoms with Crippen LogP contribution in [-0.4, -0.2) is 7.05 Å². The number of benzene rings is 2. The predicted molar refractivity (Wildman–Crippen MR) is 82.0 cm³/mol. The Morgan fingerprint density at radius 2 is 1.68 bits per heavy atom. The Morgan fingerprint density at radius 1 is 1.16 bits per heavy atom. The van der Waals surface area contributed by atoms with E-state index in [4.69, 9.17) is 5.73 Å². The van der Waals surface area contributed by atoms with Crippen LogP contribution in [0.5, 0.6) is 0 Å². The molecule has 96 valence electrons. The highest BCUT2D eigenvalue weighted by molar-refractivity contribution is 6.11. The molecule has 0 heterocycles. The molecule has 19 heavy (non-hydrogen) atoms. The van der Waals surface area contributed by atoms with Crippen molar-refractivity contribution in [3.63, 3.8) is 0 Å². The summed E-state index contributed by atoms with van der Waals surface area (Å²) in [5, 5.41) is 7.19. The van der Waals surface area contributed by atoms with Crippen LogP contribution >= 0.6 is 0 Å². The largest absolute Gasteiger partial charge is 0.386 e. The van der Waals surface area contributed by atoms with Gasteiger partial charge >= 0.3 is 0 Å². The Hall–Kier alpha value is -2.55. The predicted octanol–water partition coefficient (Wildman–Crippen LogP) is 1.56. The molecule has 0 aliphatic heterocycles. The zero-order valence-electron chi connectivity index (χ0n) is 10.9. The standard InChI is InChI=1S/C13H8O.C3H8N2/c1-8-10-6-2-4-9-5-3-7-11(12(9)10)13(8)14;1-3(4)5-2/h2-7H,1H2;5H,1,4H2,2H3. The van der Waals surface area contributed by atoms with Gasteiger partial charge in [-0.15, -0.1) is 0 Å². The topological polar surface area (TPSA) is 55.1 Å². The van der Waals surface area contributed by atoms with Crippen LogP contribution in [0.25, 0.3) is 28.1 Å². The molecule has 0 saturated carbocycles. The quantitative estimate of drug-likeness (QED) is 0.691. The summed E-state index contributed by atoms with van der Waals surface area (Å²) in [5.41, 5.74) is 5.05. The zero-order chi connectivity index (χ0) is 14.0. The van der Waals surface area contributed by atoms with Crippen molar-refractivity contribution in [2.75, 3.05) is 7.05 Å². The van der Waals surface area contributed by atoms with Gasteiger partial charge in [0.15, 0.2) is 5.43 Å². The normalized spacial score (nSPS) is 10.2. The molecule has 0 aliphatic carbocycles. The fourth-order valence-corrected chi connectivity index (χ4v) is 2.07. The Bertz CT molecular complexity index is 765. The van der Waals surface area contributed by atoms with Crippen LogP contribution in [0.3, 0.4) is 0 Å². The molecule has 3 aromatic rings. The molecule has 3 N–H and O–H groups in total. The number of hydrogen-bond donors (Lipinski definition) is 2. The molecule has 0 spiro atoms. The van der Waals surface area contributed by atoms with Crippen LogP contribution in [0, 0.1) is 0 Å². The molecule has 3 aromatic carbocycles. The van der Waals surface area contributed by atoms with E-state index in [0.29, 0.717) is 11.0 Å². The van der Waals surface area contributed by atoms with Crippen molar-refractivity contribution in [2.24, 2.45) is 5.73 Å². The van der Waals surface area contributed by atoms with Gasteiger partial charge in [-0.05, 0) is 10.8 Å². The smallest absolute Gasteiger partial charge is 0.193 e. The summed E-state index contributed by atoms with van der Waals surface area (Å²) in [5.74, 6) is 0.505. The van der Waals surface area contributed by atoms with E-state index >= 15 is 0 Å². The van der Waals surface area contributed by atoms with E-state index in [2.05, 4.69) is 18.5 Å². The van der Waals surface area contributed by atoms with Crippen LogP contribution in [0.1, 0.15) is 0 Å². The molecule has 0 atom stereocenters. The highest BCUT2D eigenvalue weighted by Crippen LogP contribution is 2.22. The minimum atomic E-state index is 0.0665. The van der Waals surface area contributed by atoms with E-state index in [9.17, 15) is 4.79 Å². The van der Waals surface area contributed by atoms with Gasteiger partial charge in [0.1, 0.15) is 0 Å². The second-order valence-corrected chi connectivity index (χ2v) is 4.29. The molecule has 0 unspecified atom stereocenters. The van der Waals surface area contributed by atoms with Crippen molar-refractivity contribution in [2.45, 2.75) is 0 Å². The van der Waals surface area contributed by atoms with Gasteiger partial charge in [-0.3, -0.25) is 4.79 Å². The van der Waals surface area contributed by atoms with Crippen LogP contribution in [0.2, 0.25) is 0 Å². The third-order valence-corrected chi connectivity index (χ3v) is 3.07. The lowest BCUT2D eigenvalue weighted by Crippen LogP contribution is -2.16. The van der Waals surface area contributed by atoms with E-state index in [1.165, 1.54) is 0 Å². The molecule has 0 aromatic heterocycles. The van der Waals surface area contributed by atoms with Crippen LogP contribution in [0.15, 0.2) is 53.6 Å². The fraction of sp³-hybridized carbons (Fsp3) is 0.0625. The van der Waals surface area contributed by atoms with Gasteiger partial charge < -0.3 is 11.1 Å². The van der Waals surface area contributed by atoms with E-state index in [1.807, 2.05) is 36.4 Å². The maximum atomic E-state index is 11.8. The van der Waals surface area contributed by atoms with Crippen molar-refractivity contribution >= 4 is 28.1 Å². The van der Waals surface area contributed by atoms with Gasteiger partial charge in [0.2, 0.25) is 0 Å². The first kappa shape index (κ1) is 12.9. The molecule has 0 bridgehead atoms. The van der Waals surface area contributed by atoms with E-state index < -0.39 is 0 Å². The lowest BCUT2D eigenvalue weighted by atomic mass is 10.1. The highest BCUT2D eigenvalue weighted by atomic mass is 16.1. The Kier molecular flexibility index (Phi) is 3.38. The van der Waals surface area contributed by atoms with Gasteiger partial charge in [-0.25, -0.2) is 0 Å². The Balaban J connectivity index is 0.000000232. The average Bonchev–Trinajstić information content (AvgIpc) is 2.68. The molecule has 0 amide bonds. The van der Waals surface area contributed by atoms with Crippen LogP contribution in [-0.2, 0) is 0 Å². The molecule has 3 heteroatoms. The SMILES string of the molecule is C=C(N)NC.C=c1c(=O)c2cccc3cccc1c32. The molecule has 3 nitrogen and oxygen atoms in total. The monoisotopic (exact) mass is 252 g/mol. The number of nitrogens with two attached hydrogens (primary N) is 1. The summed E-state index contributed by atoms with van der Waals surface area (Å²) in [4.78, 5) is 11.8. The summed E-state index contributed by atoms with van der Waals surface area (Å²) in [6, 6.07) is 11.7. The molecule has 3 rings (SSSR count). The Morgan fingerprint density at radius 3 is 2.21 bits per heavy atom. The molecular formula is C16H16N2O. The minimum Gasteiger partial charge on any atom is -0.386 e. The zero-order valence-corrected chi connectivity index (χ0v) is 10.9. The third-order valence-electron chi connectivity index (χ3n) is 3.07. The van der Waals surface area contributed by atoms with Gasteiger partial charge in [-0.2, -0.15) is 0 Å². The molecule has 0 radical (unpaired) electrons. The second-order valence-electron chi connectivity index (χ2n) is 4.29. The van der Waals surface area contributed by atoms with Crippen molar-refractivity contribution < 1.29 is 0 Å². The van der Waals surface area contributed by atoms with Crippen molar-refractivity contribution in [1.29, 1.82) is 0 Å². The lowest BCUT2D eigenvalue weighted by Gasteiger charge is -1.95. The summed E-state index contributed by atoms with van der Waals surface area (Å²) < 4.78 is 0. The summed E-state index contributed by atoms with van der Waals surface area (Å²) in [6.45, 7) is 7.17. The van der Waals surface area contributed by atoms with E-state index in [-0.39, 0.29) is 5.43 Å². The van der Waals surface area contributed by atoms with Gasteiger partial charge in [-0.1, -0.05) is 49.6 Å². The number of hydrogen-bond acceptors (Lipinski definition) is 3. The Labute approximate surface area is 111 Å². The molecule has 0 saturated heterocycles. The maximum Gasteiger partial charge on any atom is 0.193 e. The average molecular weight is 252 g/mol. The first-order valence-electron chi connectivity index (χ1n) is 5.94. The van der Waals surface area contributed by atoms with E-state index in [1.54, 1.807) is 7.05 Å². The lowest BCUT2D eigenvalue weighted by molar-refractivity contribution is 0.974. The van der Waals surface area contributed by atoms with Crippen molar-refractivity contribution in [1.82, 2.24) is 5.32 Å².